The SMILES string of the molecule is CCc1ccc(C(c2ccccc2)N2CC(N(c3cc(F)cc(F)c3)S(C)(=O)=O)C2)cc1.CS(=O)(=O)N(c1cc(F)cc(F)c1)C1CN(C(c2ccccc2)c2ccc(OC=O)cc2)C1.O=C=O. The van der Waals surface area contributed by atoms with Crippen molar-refractivity contribution in [2.75, 3.05) is 47.3 Å². The third-order valence-electron chi connectivity index (χ3n) is 11.4. The van der Waals surface area contributed by atoms with E-state index in [0.29, 0.717) is 44.5 Å². The van der Waals surface area contributed by atoms with Gasteiger partial charge < -0.3 is 4.74 Å². The number of carbonyl (C=O) groups is 1. The van der Waals surface area contributed by atoms with Crippen LogP contribution >= 0.6 is 0 Å². The summed E-state index contributed by atoms with van der Waals surface area (Å²) in [6.45, 7) is 4.08. The van der Waals surface area contributed by atoms with Gasteiger partial charge in [0.2, 0.25) is 20.0 Å². The van der Waals surface area contributed by atoms with Gasteiger partial charge in [-0.05, 0) is 70.6 Å². The lowest BCUT2D eigenvalue weighted by Crippen LogP contribution is -2.61. The van der Waals surface area contributed by atoms with Gasteiger partial charge in [-0.1, -0.05) is 104 Å². The minimum absolute atomic E-state index is 0.0122. The van der Waals surface area contributed by atoms with Crippen LogP contribution < -0.4 is 13.3 Å². The number of likely N-dealkylation sites (tertiary alicyclic amines) is 2. The fraction of sp³-hybridized carbons (Fsp3) is 0.240. The summed E-state index contributed by atoms with van der Waals surface area (Å²) in [6, 6.07) is 39.8. The number of hydrogen-bond donors (Lipinski definition) is 0. The van der Waals surface area contributed by atoms with Crippen molar-refractivity contribution in [2.45, 2.75) is 37.5 Å². The zero-order valence-electron chi connectivity index (χ0n) is 37.2. The van der Waals surface area contributed by atoms with E-state index in [1.165, 1.54) is 5.56 Å². The van der Waals surface area contributed by atoms with E-state index >= 15 is 0 Å². The molecule has 0 amide bonds. The Morgan fingerprint density at radius 3 is 1.21 bits per heavy atom. The second-order valence-corrected chi connectivity index (χ2v) is 19.9. The highest BCUT2D eigenvalue weighted by atomic mass is 32.2. The Bertz CT molecular complexity index is 2860. The van der Waals surface area contributed by atoms with Gasteiger partial charge in [-0.3, -0.25) is 23.2 Å². The van der Waals surface area contributed by atoms with Crippen LogP contribution in [0.25, 0.3) is 0 Å². The zero-order valence-corrected chi connectivity index (χ0v) is 38.8. The average molecular weight is 973 g/mol. The lowest BCUT2D eigenvalue weighted by atomic mass is 9.92. The Kier molecular flexibility index (Phi) is 16.7. The number of benzene rings is 6. The Balaban J connectivity index is 0.000000212. The highest BCUT2D eigenvalue weighted by molar-refractivity contribution is 7.92. The molecule has 0 bridgehead atoms. The van der Waals surface area contributed by atoms with Gasteiger partial charge in [0.1, 0.15) is 29.0 Å². The normalized spacial score (nSPS) is 15.1. The summed E-state index contributed by atoms with van der Waals surface area (Å²) in [7, 11) is -7.50. The first-order chi connectivity index (χ1) is 32.4. The first-order valence-electron chi connectivity index (χ1n) is 21.2. The second-order valence-electron chi connectivity index (χ2n) is 16.2. The maximum Gasteiger partial charge on any atom is 0.373 e. The molecule has 0 spiro atoms. The fourth-order valence-corrected chi connectivity index (χ4v) is 10.9. The summed E-state index contributed by atoms with van der Waals surface area (Å²) >= 11 is 0. The van der Waals surface area contributed by atoms with E-state index in [1.807, 2.05) is 60.7 Å². The third kappa shape index (κ3) is 12.6. The van der Waals surface area contributed by atoms with Crippen LogP contribution in [0.1, 0.15) is 46.8 Å². The molecule has 2 aliphatic rings. The zero-order chi connectivity index (χ0) is 49.2. The van der Waals surface area contributed by atoms with Crippen molar-refractivity contribution in [3.63, 3.8) is 0 Å². The van der Waals surface area contributed by atoms with Crippen LogP contribution in [-0.4, -0.2) is 90.0 Å². The number of halogens is 4. The number of sulfonamides is 2. The number of hydrogen-bond acceptors (Lipinski definition) is 10. The van der Waals surface area contributed by atoms with E-state index < -0.39 is 55.4 Å². The quantitative estimate of drug-likeness (QED) is 0.0736. The van der Waals surface area contributed by atoms with E-state index in [0.717, 1.165) is 80.1 Å². The molecule has 6 aromatic rings. The second kappa shape index (κ2) is 22.4. The molecule has 12 nitrogen and oxygen atoms in total. The molecule has 2 atom stereocenters. The van der Waals surface area contributed by atoms with E-state index in [4.69, 9.17) is 14.3 Å². The third-order valence-corrected chi connectivity index (χ3v) is 13.9. The summed E-state index contributed by atoms with van der Waals surface area (Å²) in [5.74, 6) is -2.87. The molecular weight excluding hydrogens is 925 g/mol. The summed E-state index contributed by atoms with van der Waals surface area (Å²) in [4.78, 5) is 31.1. The van der Waals surface area contributed by atoms with Gasteiger partial charge in [0.15, 0.2) is 0 Å². The maximum atomic E-state index is 13.8. The number of rotatable bonds is 15. The van der Waals surface area contributed by atoms with Crippen LogP contribution in [-0.2, 0) is 40.9 Å². The largest absolute Gasteiger partial charge is 0.429 e. The molecule has 0 radical (unpaired) electrons. The standard InChI is InChI=1S/C25H26F2N2O2S.C24H22F2N2O4S.CO2/c1-3-18-9-11-20(12-10-18)25(19-7-5-4-6-8-19)28-16-24(17-28)29(32(2,30)31)23-14-21(26)13-22(27)15-23;1-33(30,31)28(21-12-19(25)11-20(26)13-21)22-14-27(15-22)24(17-5-3-2-4-6-17)18-7-9-23(10-8-18)32-16-29;2-1-3/h4-15,24-25H,3,16-17H2,1-2H3;2-13,16,22,24H,14-15H2,1H3;. The van der Waals surface area contributed by atoms with Crippen molar-refractivity contribution in [1.29, 1.82) is 0 Å². The van der Waals surface area contributed by atoms with Gasteiger partial charge in [0, 0.05) is 38.3 Å². The Hall–Kier alpha value is -6.69. The molecule has 0 N–H and O–H groups in total. The van der Waals surface area contributed by atoms with Gasteiger partial charge in [-0.25, -0.2) is 34.4 Å². The maximum absolute atomic E-state index is 13.8. The van der Waals surface area contributed by atoms with Crippen molar-refractivity contribution in [3.8, 4) is 5.75 Å². The Morgan fingerprint density at radius 1 is 0.574 bits per heavy atom. The molecule has 2 fully saturated rings. The van der Waals surface area contributed by atoms with Crippen LogP contribution in [0, 0.1) is 23.3 Å². The van der Waals surface area contributed by atoms with Crippen molar-refractivity contribution in [1.82, 2.24) is 9.80 Å². The Labute approximate surface area is 393 Å². The van der Waals surface area contributed by atoms with Crippen LogP contribution in [0.15, 0.2) is 146 Å². The molecule has 2 aliphatic heterocycles. The number of anilines is 2. The molecule has 2 saturated heterocycles. The van der Waals surface area contributed by atoms with Gasteiger partial charge in [0.25, 0.3) is 6.47 Å². The van der Waals surface area contributed by atoms with E-state index in [-0.39, 0.29) is 29.6 Å². The van der Waals surface area contributed by atoms with Crippen molar-refractivity contribution < 1.29 is 53.5 Å². The highest BCUT2D eigenvalue weighted by Gasteiger charge is 2.42. The molecule has 0 aliphatic carbocycles. The number of ether oxygens (including phenoxy) is 1. The van der Waals surface area contributed by atoms with E-state index in [2.05, 4.69) is 53.1 Å². The molecule has 0 saturated carbocycles. The number of nitrogens with zero attached hydrogens (tertiary/aromatic N) is 4. The van der Waals surface area contributed by atoms with Crippen LogP contribution in [0.5, 0.6) is 5.75 Å². The topological polar surface area (TPSA) is 142 Å². The summed E-state index contributed by atoms with van der Waals surface area (Å²) in [6.07, 6.45) is 3.30. The van der Waals surface area contributed by atoms with Crippen LogP contribution in [0.4, 0.5) is 28.9 Å². The van der Waals surface area contributed by atoms with Crippen molar-refractivity contribution >= 4 is 44.0 Å². The first-order valence-corrected chi connectivity index (χ1v) is 24.9. The monoisotopic (exact) mass is 972 g/mol. The summed E-state index contributed by atoms with van der Waals surface area (Å²) in [5.41, 5.74) is 5.39. The molecule has 0 aromatic heterocycles. The average Bonchev–Trinajstić information content (AvgIpc) is 3.25. The van der Waals surface area contributed by atoms with Crippen LogP contribution in [0.2, 0.25) is 0 Å². The lowest BCUT2D eigenvalue weighted by molar-refractivity contribution is -0.191. The minimum Gasteiger partial charge on any atom is -0.429 e. The lowest BCUT2D eigenvalue weighted by Gasteiger charge is -2.48. The molecule has 18 heteroatoms. The van der Waals surface area contributed by atoms with Crippen molar-refractivity contribution in [2.24, 2.45) is 0 Å². The smallest absolute Gasteiger partial charge is 0.373 e. The first kappa shape index (κ1) is 50.7. The van der Waals surface area contributed by atoms with Crippen molar-refractivity contribution in [3.05, 3.63) is 197 Å². The molecule has 68 heavy (non-hydrogen) atoms. The molecule has 6 aromatic carbocycles. The van der Waals surface area contributed by atoms with Gasteiger partial charge in [0.05, 0.1) is 48.1 Å². The van der Waals surface area contributed by atoms with Gasteiger partial charge in [-0.15, -0.1) is 0 Å². The fourth-order valence-electron chi connectivity index (χ4n) is 8.59. The van der Waals surface area contributed by atoms with E-state index in [1.54, 1.807) is 12.1 Å². The molecule has 356 valence electrons. The van der Waals surface area contributed by atoms with Gasteiger partial charge in [-0.2, -0.15) is 9.59 Å². The predicted octanol–water partition coefficient (Wildman–Crippen LogP) is 7.92. The molecular formula is C50H48F4N4O8S2. The minimum atomic E-state index is -3.78. The molecule has 2 unspecified atom stereocenters. The summed E-state index contributed by atoms with van der Waals surface area (Å²) < 4.78 is 112. The van der Waals surface area contributed by atoms with E-state index in [9.17, 15) is 39.2 Å². The van der Waals surface area contributed by atoms with Gasteiger partial charge >= 0.3 is 6.15 Å². The number of carbonyl (C=O) groups excluding carboxylic acids is 3. The predicted molar refractivity (Wildman–Crippen MR) is 249 cm³/mol. The highest BCUT2D eigenvalue weighted by Crippen LogP contribution is 2.38. The Morgan fingerprint density at radius 2 is 0.897 bits per heavy atom. The molecule has 8 rings (SSSR count). The number of aryl methyl sites for hydroxylation is 1. The van der Waals surface area contributed by atoms with Crippen LogP contribution in [0.3, 0.4) is 0 Å². The summed E-state index contributed by atoms with van der Waals surface area (Å²) in [5, 5.41) is 0. The molecule has 2 heterocycles.